The van der Waals surface area contributed by atoms with Crippen LogP contribution in [-0.2, 0) is 22.6 Å². The van der Waals surface area contributed by atoms with Crippen molar-refractivity contribution in [2.75, 3.05) is 32.4 Å². The Labute approximate surface area is 292 Å². The first-order valence-electron chi connectivity index (χ1n) is 16.8. The van der Waals surface area contributed by atoms with Crippen LogP contribution in [0.5, 0.6) is 0 Å². The number of amides is 1. The van der Waals surface area contributed by atoms with E-state index in [0.717, 1.165) is 57.2 Å². The van der Waals surface area contributed by atoms with Crippen molar-refractivity contribution in [2.45, 2.75) is 68.0 Å². The Morgan fingerprint density at radius 3 is 2.20 bits per heavy atom. The number of rotatable bonds is 8. The monoisotopic (exact) mass is 732 g/mol. The minimum Gasteiger partial charge on any atom is -0.337 e. The number of hydrogen-bond donors (Lipinski definition) is 1. The first-order valence-corrected chi connectivity index (χ1v) is 18.7. The highest BCUT2D eigenvalue weighted by Gasteiger charge is 2.43. The van der Waals surface area contributed by atoms with Gasteiger partial charge in [0.05, 0.1) is 27.2 Å². The summed E-state index contributed by atoms with van der Waals surface area (Å²) in [5, 5.41) is 2.23. The van der Waals surface area contributed by atoms with E-state index in [1.807, 2.05) is 4.90 Å². The molecule has 1 atom stereocenters. The molecule has 0 aliphatic carbocycles. The van der Waals surface area contributed by atoms with Crippen LogP contribution >= 0.6 is 0 Å². The summed E-state index contributed by atoms with van der Waals surface area (Å²) in [6.45, 7) is 3.22. The number of piperidine rings is 2. The summed E-state index contributed by atoms with van der Waals surface area (Å²) in [4.78, 5) is 23.3. The zero-order chi connectivity index (χ0) is 36.6. The number of aromatic nitrogens is 1. The van der Waals surface area contributed by atoms with Crippen molar-refractivity contribution in [1.29, 1.82) is 0 Å². The molecule has 1 aromatic heterocycles. The van der Waals surface area contributed by atoms with Crippen molar-refractivity contribution >= 4 is 26.6 Å². The van der Waals surface area contributed by atoms with Crippen molar-refractivity contribution in [2.24, 2.45) is 0 Å². The molecule has 4 aromatic rings. The van der Waals surface area contributed by atoms with E-state index in [9.17, 15) is 39.6 Å². The molecule has 2 fully saturated rings. The Hall–Kier alpha value is -4.01. The maximum Gasteiger partial charge on any atom is 0.416 e. The first kappa shape index (κ1) is 36.8. The fourth-order valence-electron chi connectivity index (χ4n) is 7.16. The van der Waals surface area contributed by atoms with Crippen molar-refractivity contribution in [3.05, 3.63) is 95.1 Å². The molecule has 0 saturated carbocycles. The summed E-state index contributed by atoms with van der Waals surface area (Å²) >= 11 is 0. The SMILES string of the molecule is CS(=O)(=O)c1ccc2c(C(=O)NC(c3ccccc3)C(F)(F)F)c(CN3CCC(N4CCCCC4)CC3)c(-c3cccc(C(F)(F)F)c3)nc2c1. The van der Waals surface area contributed by atoms with E-state index >= 15 is 0 Å². The van der Waals surface area contributed by atoms with Crippen LogP contribution < -0.4 is 5.32 Å². The number of hydrogen-bond acceptors (Lipinski definition) is 6. The second-order valence-corrected chi connectivity index (χ2v) is 15.3. The number of pyridine rings is 1. The van der Waals surface area contributed by atoms with Crippen LogP contribution in [0.3, 0.4) is 0 Å². The summed E-state index contributed by atoms with van der Waals surface area (Å²) in [7, 11) is -3.80. The minimum atomic E-state index is -4.90. The molecule has 3 aromatic carbocycles. The lowest BCUT2D eigenvalue weighted by Gasteiger charge is -2.40. The normalized spacial score (nSPS) is 17.8. The zero-order valence-electron chi connectivity index (χ0n) is 27.9. The van der Waals surface area contributed by atoms with Crippen molar-refractivity contribution in [3.63, 3.8) is 0 Å². The van der Waals surface area contributed by atoms with Crippen LogP contribution in [0.2, 0.25) is 0 Å². The topological polar surface area (TPSA) is 82.6 Å². The van der Waals surface area contributed by atoms with Gasteiger partial charge in [0, 0.05) is 35.4 Å². The van der Waals surface area contributed by atoms with E-state index in [4.69, 9.17) is 0 Å². The predicted molar refractivity (Wildman–Crippen MR) is 182 cm³/mol. The van der Waals surface area contributed by atoms with Crippen LogP contribution in [0.1, 0.15) is 65.2 Å². The number of carbonyl (C=O) groups excluding carboxylic acids is 1. The van der Waals surface area contributed by atoms with Crippen LogP contribution in [0.15, 0.2) is 77.7 Å². The highest BCUT2D eigenvalue weighted by Crippen LogP contribution is 2.38. The van der Waals surface area contributed by atoms with Gasteiger partial charge in [0.1, 0.15) is 0 Å². The molecule has 0 radical (unpaired) electrons. The lowest BCUT2D eigenvalue weighted by Crippen LogP contribution is -2.46. The highest BCUT2D eigenvalue weighted by atomic mass is 32.2. The Balaban J connectivity index is 1.51. The summed E-state index contributed by atoms with van der Waals surface area (Å²) in [6.07, 6.45) is -3.59. The first-order chi connectivity index (χ1) is 24.1. The molecule has 3 heterocycles. The van der Waals surface area contributed by atoms with Crippen molar-refractivity contribution in [3.8, 4) is 11.3 Å². The van der Waals surface area contributed by atoms with Gasteiger partial charge in [0.2, 0.25) is 0 Å². The Kier molecular flexibility index (Phi) is 10.5. The van der Waals surface area contributed by atoms with Gasteiger partial charge >= 0.3 is 12.4 Å². The number of sulfone groups is 1. The van der Waals surface area contributed by atoms with Crippen LogP contribution in [0.25, 0.3) is 22.2 Å². The molecule has 2 saturated heterocycles. The molecule has 272 valence electrons. The van der Waals surface area contributed by atoms with Gasteiger partial charge in [-0.2, -0.15) is 26.3 Å². The predicted octanol–water partition coefficient (Wildman–Crippen LogP) is 7.81. The molecule has 7 nitrogen and oxygen atoms in total. The molecular weight excluding hydrogens is 694 g/mol. The van der Waals surface area contributed by atoms with Crippen molar-refractivity contribution in [1.82, 2.24) is 20.1 Å². The Morgan fingerprint density at radius 1 is 0.882 bits per heavy atom. The average Bonchev–Trinajstić information content (AvgIpc) is 3.10. The standard InChI is InChI=1S/C37H38F6N4O3S/c1-51(49,50)28-13-14-29-31(22-28)44-33(25-11-8-12-26(21-25)36(38,39)40)30(23-46-19-15-27(16-20-46)47-17-6-3-7-18-47)32(29)35(48)45-34(37(41,42)43)24-9-4-2-5-10-24/h2,4-5,8-14,21-22,27,34H,3,6-7,15-20,23H2,1H3,(H,45,48). The number of carbonyl (C=O) groups is 1. The lowest BCUT2D eigenvalue weighted by molar-refractivity contribution is -0.155. The van der Waals surface area contributed by atoms with Crippen LogP contribution in [-0.4, -0.2) is 73.8 Å². The molecule has 1 unspecified atom stereocenters. The fraction of sp³-hybridized carbons (Fsp3) is 0.405. The third-order valence-electron chi connectivity index (χ3n) is 9.76. The summed E-state index contributed by atoms with van der Waals surface area (Å²) in [6, 6.07) is 12.9. The van der Waals surface area contributed by atoms with Gasteiger partial charge in [-0.05, 0) is 81.7 Å². The van der Waals surface area contributed by atoms with Gasteiger partial charge in [-0.3, -0.25) is 9.69 Å². The molecule has 1 N–H and O–H groups in total. The molecular formula is C37H38F6N4O3S. The number of alkyl halides is 6. The number of fused-ring (bicyclic) bond motifs is 1. The van der Waals surface area contributed by atoms with Crippen LogP contribution in [0, 0.1) is 0 Å². The Morgan fingerprint density at radius 2 is 1.57 bits per heavy atom. The fourth-order valence-corrected chi connectivity index (χ4v) is 7.80. The summed E-state index contributed by atoms with van der Waals surface area (Å²) in [5.41, 5.74) is -1.38. The average molecular weight is 733 g/mol. The summed E-state index contributed by atoms with van der Waals surface area (Å²) < 4.78 is 110. The number of nitrogens with one attached hydrogen (secondary N) is 1. The van der Waals surface area contributed by atoms with Gasteiger partial charge in [-0.15, -0.1) is 0 Å². The minimum absolute atomic E-state index is 0.0137. The second kappa shape index (κ2) is 14.5. The molecule has 0 bridgehead atoms. The van der Waals surface area contributed by atoms with E-state index in [0.29, 0.717) is 19.1 Å². The third-order valence-corrected chi connectivity index (χ3v) is 10.9. The van der Waals surface area contributed by atoms with Gasteiger partial charge in [-0.1, -0.05) is 55.0 Å². The molecule has 14 heteroatoms. The number of nitrogens with zero attached hydrogens (tertiary/aromatic N) is 3. The van der Waals surface area contributed by atoms with Crippen molar-refractivity contribution < 1.29 is 39.6 Å². The van der Waals surface area contributed by atoms with Crippen LogP contribution in [0.4, 0.5) is 26.3 Å². The van der Waals surface area contributed by atoms with Gasteiger partial charge in [0.15, 0.2) is 15.9 Å². The van der Waals surface area contributed by atoms with Gasteiger partial charge in [-0.25, -0.2) is 13.4 Å². The van der Waals surface area contributed by atoms with E-state index in [1.165, 1.54) is 61.0 Å². The highest BCUT2D eigenvalue weighted by molar-refractivity contribution is 7.90. The molecule has 0 spiro atoms. The number of halogens is 6. The van der Waals surface area contributed by atoms with E-state index in [-0.39, 0.29) is 50.3 Å². The second-order valence-electron chi connectivity index (χ2n) is 13.3. The third kappa shape index (κ3) is 8.39. The van der Waals surface area contributed by atoms with E-state index in [1.54, 1.807) is 6.07 Å². The maximum atomic E-state index is 14.5. The molecule has 2 aliphatic rings. The lowest BCUT2D eigenvalue weighted by atomic mass is 9.93. The quantitative estimate of drug-likeness (QED) is 0.186. The number of likely N-dealkylation sites (tertiary alicyclic amines) is 2. The molecule has 51 heavy (non-hydrogen) atoms. The number of benzene rings is 3. The maximum absolute atomic E-state index is 14.5. The van der Waals surface area contributed by atoms with Gasteiger partial charge < -0.3 is 10.2 Å². The molecule has 6 rings (SSSR count). The zero-order valence-corrected chi connectivity index (χ0v) is 28.7. The Bertz CT molecular complexity index is 1990. The largest absolute Gasteiger partial charge is 0.416 e. The van der Waals surface area contributed by atoms with Gasteiger partial charge in [0.25, 0.3) is 5.91 Å². The summed E-state index contributed by atoms with van der Waals surface area (Å²) in [5.74, 6) is -1.12. The van der Waals surface area contributed by atoms with E-state index in [2.05, 4.69) is 15.2 Å². The smallest absolute Gasteiger partial charge is 0.337 e. The molecule has 1 amide bonds. The molecule has 2 aliphatic heterocycles. The van der Waals surface area contributed by atoms with E-state index < -0.39 is 39.7 Å².